The molecule has 0 fully saturated rings. The third kappa shape index (κ3) is 1.65. The molecule has 0 atom stereocenters. The Hall–Kier alpha value is -1.68. The number of hydrogen-bond acceptors (Lipinski definition) is 3. The van der Waals surface area contributed by atoms with Crippen LogP contribution in [0.2, 0.25) is 0 Å². The van der Waals surface area contributed by atoms with Crippen molar-refractivity contribution in [2.24, 2.45) is 0 Å². The molecule has 1 aromatic heterocycles. The van der Waals surface area contributed by atoms with E-state index in [2.05, 4.69) is 16.4 Å². The Morgan fingerprint density at radius 1 is 1.35 bits per heavy atom. The van der Waals surface area contributed by atoms with Gasteiger partial charge in [-0.1, -0.05) is 12.1 Å². The number of nitrogens with one attached hydrogen (secondary N) is 1. The first-order valence-electron chi connectivity index (χ1n) is 5.50. The van der Waals surface area contributed by atoms with Gasteiger partial charge in [0.05, 0.1) is 15.6 Å². The molecule has 3 rings (SSSR count). The molecule has 86 valence electrons. The lowest BCUT2D eigenvalue weighted by atomic mass is 10.0. The topological polar surface area (TPSA) is 42.0 Å². The first-order valence-corrected chi connectivity index (χ1v) is 6.32. The van der Waals surface area contributed by atoms with E-state index in [0.29, 0.717) is 6.54 Å². The van der Waals surface area contributed by atoms with Crippen molar-refractivity contribution in [1.82, 2.24) is 10.3 Å². The maximum Gasteiger partial charge on any atom is 0.251 e. The van der Waals surface area contributed by atoms with Crippen LogP contribution in [0.3, 0.4) is 0 Å². The number of carbonyl (C=O) groups excluding carboxylic acids is 1. The zero-order chi connectivity index (χ0) is 12.0. The van der Waals surface area contributed by atoms with E-state index in [-0.39, 0.29) is 5.91 Å². The largest absolute Gasteiger partial charge is 0.348 e. The molecule has 0 bridgehead atoms. The number of nitrogens with zero attached hydrogens (tertiary/aromatic N) is 1. The Labute approximate surface area is 104 Å². The minimum atomic E-state index is 0.0285. The van der Waals surface area contributed by atoms with Crippen molar-refractivity contribution in [3.8, 4) is 10.4 Å². The van der Waals surface area contributed by atoms with Crippen LogP contribution < -0.4 is 5.32 Å². The van der Waals surface area contributed by atoms with Crippen LogP contribution in [0.5, 0.6) is 0 Å². The van der Waals surface area contributed by atoms with Gasteiger partial charge in [-0.15, -0.1) is 11.3 Å². The minimum absolute atomic E-state index is 0.0285. The molecule has 0 radical (unpaired) electrons. The molecular weight excluding hydrogens is 232 g/mol. The summed E-state index contributed by atoms with van der Waals surface area (Å²) in [7, 11) is 0. The van der Waals surface area contributed by atoms with Gasteiger partial charge in [0.1, 0.15) is 0 Å². The maximum atomic E-state index is 11.6. The lowest BCUT2D eigenvalue weighted by Crippen LogP contribution is -2.12. The van der Waals surface area contributed by atoms with E-state index in [1.165, 1.54) is 0 Å². The zero-order valence-electron chi connectivity index (χ0n) is 9.70. The average Bonchev–Trinajstić information content (AvgIpc) is 2.83. The quantitative estimate of drug-likeness (QED) is 0.838. The molecule has 0 saturated heterocycles. The van der Waals surface area contributed by atoms with Crippen LogP contribution in [-0.2, 0) is 6.54 Å². The van der Waals surface area contributed by atoms with Gasteiger partial charge in [-0.05, 0) is 31.0 Å². The number of benzene rings is 1. The molecule has 2 heterocycles. The summed E-state index contributed by atoms with van der Waals surface area (Å²) in [5.74, 6) is 0.0285. The minimum Gasteiger partial charge on any atom is -0.348 e. The molecule has 0 aliphatic carbocycles. The Morgan fingerprint density at radius 3 is 2.88 bits per heavy atom. The molecule has 1 amide bonds. The second-order valence-electron chi connectivity index (χ2n) is 4.20. The van der Waals surface area contributed by atoms with E-state index in [9.17, 15) is 4.79 Å². The van der Waals surface area contributed by atoms with Gasteiger partial charge in [-0.25, -0.2) is 4.98 Å². The van der Waals surface area contributed by atoms with Gasteiger partial charge in [0.15, 0.2) is 0 Å². The number of fused-ring (bicyclic) bond motifs is 1. The zero-order valence-corrected chi connectivity index (χ0v) is 10.5. The van der Waals surface area contributed by atoms with Crippen molar-refractivity contribution in [3.63, 3.8) is 0 Å². The Kier molecular flexibility index (Phi) is 2.26. The smallest absolute Gasteiger partial charge is 0.251 e. The third-order valence-electron chi connectivity index (χ3n) is 2.96. The van der Waals surface area contributed by atoms with E-state index in [1.54, 1.807) is 11.3 Å². The van der Waals surface area contributed by atoms with Crippen molar-refractivity contribution in [3.05, 3.63) is 40.0 Å². The molecule has 0 unspecified atom stereocenters. The molecule has 4 heteroatoms. The van der Waals surface area contributed by atoms with Crippen molar-refractivity contribution in [2.75, 3.05) is 0 Å². The van der Waals surface area contributed by atoms with Gasteiger partial charge in [-0.3, -0.25) is 4.79 Å². The highest BCUT2D eigenvalue weighted by molar-refractivity contribution is 7.15. The van der Waals surface area contributed by atoms with Crippen LogP contribution in [0.1, 0.15) is 26.6 Å². The first-order chi connectivity index (χ1) is 8.15. The third-order valence-corrected chi connectivity index (χ3v) is 4.08. The fourth-order valence-electron chi connectivity index (χ4n) is 2.15. The molecule has 3 nitrogen and oxygen atoms in total. The van der Waals surface area contributed by atoms with Crippen LogP contribution in [0.15, 0.2) is 18.2 Å². The summed E-state index contributed by atoms with van der Waals surface area (Å²) in [4.78, 5) is 17.2. The van der Waals surface area contributed by atoms with Crippen LogP contribution in [0.25, 0.3) is 10.4 Å². The predicted molar refractivity (Wildman–Crippen MR) is 68.2 cm³/mol. The van der Waals surface area contributed by atoms with E-state index >= 15 is 0 Å². The predicted octanol–water partition coefficient (Wildman–Crippen LogP) is 2.67. The van der Waals surface area contributed by atoms with Gasteiger partial charge in [0, 0.05) is 12.1 Å². The average molecular weight is 244 g/mol. The van der Waals surface area contributed by atoms with Crippen LogP contribution in [-0.4, -0.2) is 10.9 Å². The molecule has 0 saturated carbocycles. The van der Waals surface area contributed by atoms with Crippen molar-refractivity contribution >= 4 is 17.2 Å². The van der Waals surface area contributed by atoms with Crippen molar-refractivity contribution in [1.29, 1.82) is 0 Å². The van der Waals surface area contributed by atoms with Crippen LogP contribution in [0.4, 0.5) is 0 Å². The van der Waals surface area contributed by atoms with Crippen molar-refractivity contribution in [2.45, 2.75) is 20.4 Å². The van der Waals surface area contributed by atoms with Crippen LogP contribution >= 0.6 is 11.3 Å². The molecular formula is C13H12N2OS. The Balaban J connectivity index is 2.14. The molecule has 17 heavy (non-hydrogen) atoms. The highest BCUT2D eigenvalue weighted by Crippen LogP contribution is 2.31. The summed E-state index contributed by atoms with van der Waals surface area (Å²) in [6, 6.07) is 6.06. The van der Waals surface area contributed by atoms with Crippen LogP contribution in [0, 0.1) is 13.8 Å². The second-order valence-corrected chi connectivity index (χ2v) is 5.41. The van der Waals surface area contributed by atoms with E-state index < -0.39 is 0 Å². The number of carbonyl (C=O) groups is 1. The van der Waals surface area contributed by atoms with Gasteiger partial charge in [0.2, 0.25) is 0 Å². The number of aromatic nitrogens is 1. The first kappa shape index (κ1) is 10.5. The lowest BCUT2D eigenvalue weighted by Gasteiger charge is -2.01. The molecule has 1 N–H and O–H groups in total. The summed E-state index contributed by atoms with van der Waals surface area (Å²) in [6.45, 7) is 4.66. The van der Waals surface area contributed by atoms with E-state index in [4.69, 9.17) is 0 Å². The second kappa shape index (κ2) is 3.67. The molecule has 1 aliphatic heterocycles. The number of hydrogen-bond donors (Lipinski definition) is 1. The molecule has 1 aliphatic rings. The summed E-state index contributed by atoms with van der Waals surface area (Å²) in [5, 5.41) is 3.89. The van der Waals surface area contributed by atoms with E-state index in [1.807, 2.05) is 26.0 Å². The highest BCUT2D eigenvalue weighted by Gasteiger charge is 2.19. The summed E-state index contributed by atoms with van der Waals surface area (Å²) in [6.07, 6.45) is 0. The Morgan fingerprint density at radius 2 is 2.18 bits per heavy atom. The highest BCUT2D eigenvalue weighted by atomic mass is 32.1. The molecule has 1 aromatic carbocycles. The van der Waals surface area contributed by atoms with Crippen molar-refractivity contribution < 1.29 is 4.79 Å². The molecule has 0 spiro atoms. The van der Waals surface area contributed by atoms with E-state index in [0.717, 1.165) is 32.3 Å². The fraction of sp³-hybridized carbons (Fsp3) is 0.231. The normalized spacial score (nSPS) is 13.6. The number of amides is 1. The van der Waals surface area contributed by atoms with Gasteiger partial charge >= 0.3 is 0 Å². The van der Waals surface area contributed by atoms with Gasteiger partial charge in [0.25, 0.3) is 5.91 Å². The SMILES string of the molecule is Cc1nc(C)c(-c2ccc3c(c2)C(=O)NC3)s1. The fourth-order valence-corrected chi connectivity index (χ4v) is 3.07. The standard InChI is InChI=1S/C13H12N2OS/c1-7-12(17-8(2)15-7)9-3-4-10-6-14-13(16)11(10)5-9/h3-5H,6H2,1-2H3,(H,14,16). The summed E-state index contributed by atoms with van der Waals surface area (Å²) in [5.41, 5.74) is 4.00. The number of aryl methyl sites for hydroxylation is 2. The monoisotopic (exact) mass is 244 g/mol. The van der Waals surface area contributed by atoms with Gasteiger partial charge in [-0.2, -0.15) is 0 Å². The van der Waals surface area contributed by atoms with Gasteiger partial charge < -0.3 is 5.32 Å². The molecule has 2 aromatic rings. The number of rotatable bonds is 1. The number of thiazole rings is 1. The summed E-state index contributed by atoms with van der Waals surface area (Å²) >= 11 is 1.67. The Bertz CT molecular complexity index is 616. The maximum absolute atomic E-state index is 11.6. The lowest BCUT2D eigenvalue weighted by molar-refractivity contribution is 0.0966. The summed E-state index contributed by atoms with van der Waals surface area (Å²) < 4.78 is 0.